The van der Waals surface area contributed by atoms with Crippen LogP contribution in [-0.2, 0) is 0 Å². The number of hydrogen-bond donors (Lipinski definition) is 2. The smallest absolute Gasteiger partial charge is 0.336 e. The van der Waals surface area contributed by atoms with Gasteiger partial charge in [-0.15, -0.1) is 0 Å². The Labute approximate surface area is 107 Å². The standard InChI is InChI=1S/C13H10O4S/c1-7-9(12(14)15)2-3-10(11(7)13(16)17)8-4-5-18-6-8/h2-6H,1H3,(H,14,15)(H,16,17). The Balaban J connectivity index is 2.73. The van der Waals surface area contributed by atoms with Crippen LogP contribution in [0, 0.1) is 6.92 Å². The van der Waals surface area contributed by atoms with E-state index >= 15 is 0 Å². The molecule has 0 aliphatic heterocycles. The van der Waals surface area contributed by atoms with Crippen molar-refractivity contribution in [2.45, 2.75) is 6.92 Å². The maximum absolute atomic E-state index is 11.3. The number of benzene rings is 1. The lowest BCUT2D eigenvalue weighted by Crippen LogP contribution is -2.08. The van der Waals surface area contributed by atoms with Gasteiger partial charge in [-0.25, -0.2) is 9.59 Å². The minimum atomic E-state index is -1.12. The van der Waals surface area contributed by atoms with E-state index in [1.54, 1.807) is 6.07 Å². The summed E-state index contributed by atoms with van der Waals surface area (Å²) in [7, 11) is 0. The maximum atomic E-state index is 11.3. The van der Waals surface area contributed by atoms with Crippen LogP contribution < -0.4 is 0 Å². The molecule has 0 fully saturated rings. The average Bonchev–Trinajstić information content (AvgIpc) is 2.80. The van der Waals surface area contributed by atoms with Crippen LogP contribution in [0.3, 0.4) is 0 Å². The molecule has 0 saturated heterocycles. The van der Waals surface area contributed by atoms with E-state index in [2.05, 4.69) is 0 Å². The topological polar surface area (TPSA) is 74.6 Å². The molecule has 0 aliphatic rings. The van der Waals surface area contributed by atoms with Crippen LogP contribution in [0.15, 0.2) is 29.0 Å². The molecule has 1 aromatic carbocycles. The third-order valence-electron chi connectivity index (χ3n) is 2.74. The second-order valence-corrected chi connectivity index (χ2v) is 4.56. The first-order chi connectivity index (χ1) is 8.52. The number of aromatic carboxylic acids is 2. The van der Waals surface area contributed by atoms with Gasteiger partial charge in [0.2, 0.25) is 0 Å². The van der Waals surface area contributed by atoms with Crippen molar-refractivity contribution < 1.29 is 19.8 Å². The lowest BCUT2D eigenvalue weighted by Gasteiger charge is -2.10. The highest BCUT2D eigenvalue weighted by Crippen LogP contribution is 2.29. The van der Waals surface area contributed by atoms with Gasteiger partial charge in [-0.2, -0.15) is 11.3 Å². The fourth-order valence-corrected chi connectivity index (χ4v) is 2.53. The number of hydrogen-bond acceptors (Lipinski definition) is 3. The zero-order chi connectivity index (χ0) is 13.3. The summed E-state index contributed by atoms with van der Waals surface area (Å²) in [4.78, 5) is 22.3. The third kappa shape index (κ3) is 2.00. The number of carboxylic acid groups (broad SMARTS) is 2. The molecule has 0 spiro atoms. The average molecular weight is 262 g/mol. The fraction of sp³-hybridized carbons (Fsp3) is 0.0769. The highest BCUT2D eigenvalue weighted by atomic mass is 32.1. The van der Waals surface area contributed by atoms with E-state index in [1.165, 1.54) is 24.3 Å². The van der Waals surface area contributed by atoms with Crippen LogP contribution >= 0.6 is 11.3 Å². The van der Waals surface area contributed by atoms with Crippen LogP contribution in [0.5, 0.6) is 0 Å². The monoisotopic (exact) mass is 262 g/mol. The largest absolute Gasteiger partial charge is 0.478 e. The SMILES string of the molecule is Cc1c(C(=O)O)ccc(-c2ccsc2)c1C(=O)O. The first-order valence-electron chi connectivity index (χ1n) is 5.15. The van der Waals surface area contributed by atoms with Gasteiger partial charge in [-0.3, -0.25) is 0 Å². The zero-order valence-corrected chi connectivity index (χ0v) is 10.3. The van der Waals surface area contributed by atoms with Crippen LogP contribution in [0.25, 0.3) is 11.1 Å². The summed E-state index contributed by atoms with van der Waals surface area (Å²) >= 11 is 1.46. The molecule has 92 valence electrons. The van der Waals surface area contributed by atoms with Crippen molar-refractivity contribution in [2.24, 2.45) is 0 Å². The van der Waals surface area contributed by atoms with Crippen molar-refractivity contribution in [3.8, 4) is 11.1 Å². The van der Waals surface area contributed by atoms with Gasteiger partial charge in [-0.05, 0) is 46.5 Å². The molecule has 2 aromatic rings. The Bertz CT molecular complexity index is 614. The van der Waals surface area contributed by atoms with Crippen LogP contribution in [0.1, 0.15) is 26.3 Å². The van der Waals surface area contributed by atoms with Crippen molar-refractivity contribution in [3.05, 3.63) is 45.6 Å². The summed E-state index contributed by atoms with van der Waals surface area (Å²) in [5.41, 5.74) is 1.68. The molecular weight excluding hydrogens is 252 g/mol. The van der Waals surface area contributed by atoms with Crippen molar-refractivity contribution in [2.75, 3.05) is 0 Å². The van der Waals surface area contributed by atoms with Gasteiger partial charge in [0.15, 0.2) is 0 Å². The van der Waals surface area contributed by atoms with Gasteiger partial charge in [0.1, 0.15) is 0 Å². The van der Waals surface area contributed by atoms with Crippen LogP contribution in [0.2, 0.25) is 0 Å². The summed E-state index contributed by atoms with van der Waals surface area (Å²) in [6.45, 7) is 1.52. The van der Waals surface area contributed by atoms with E-state index in [0.29, 0.717) is 5.56 Å². The lowest BCUT2D eigenvalue weighted by atomic mass is 9.94. The summed E-state index contributed by atoms with van der Waals surface area (Å²) in [5.74, 6) is -2.23. The van der Waals surface area contributed by atoms with Crippen LogP contribution in [-0.4, -0.2) is 22.2 Å². The third-order valence-corrected chi connectivity index (χ3v) is 3.42. The Morgan fingerprint density at radius 1 is 1.11 bits per heavy atom. The maximum Gasteiger partial charge on any atom is 0.336 e. The molecule has 2 rings (SSSR count). The number of carbonyl (C=O) groups is 2. The molecule has 0 atom stereocenters. The number of carboxylic acids is 2. The van der Waals surface area contributed by atoms with E-state index in [1.807, 2.05) is 16.8 Å². The predicted molar refractivity (Wildman–Crippen MR) is 68.4 cm³/mol. The quantitative estimate of drug-likeness (QED) is 0.891. The molecule has 2 N–H and O–H groups in total. The van der Waals surface area contributed by atoms with Gasteiger partial charge < -0.3 is 10.2 Å². The van der Waals surface area contributed by atoms with Crippen molar-refractivity contribution in [1.82, 2.24) is 0 Å². The summed E-state index contributed by atoms with van der Waals surface area (Å²) in [6, 6.07) is 4.80. The molecule has 18 heavy (non-hydrogen) atoms. The number of thiophene rings is 1. The first kappa shape index (κ1) is 12.3. The summed E-state index contributed by atoms with van der Waals surface area (Å²) in [5, 5.41) is 21.9. The Hall–Kier alpha value is -2.14. The molecule has 0 saturated carbocycles. The normalized spacial score (nSPS) is 10.3. The minimum absolute atomic E-state index is 0.0198. The van der Waals surface area contributed by atoms with E-state index in [0.717, 1.165) is 5.56 Å². The van der Waals surface area contributed by atoms with Gasteiger partial charge in [0.25, 0.3) is 0 Å². The van der Waals surface area contributed by atoms with Gasteiger partial charge in [0, 0.05) is 0 Å². The predicted octanol–water partition coefficient (Wildman–Crippen LogP) is 3.12. The molecule has 0 bridgehead atoms. The molecule has 0 radical (unpaired) electrons. The van der Waals surface area contributed by atoms with Gasteiger partial charge >= 0.3 is 11.9 Å². The Morgan fingerprint density at radius 2 is 1.83 bits per heavy atom. The Morgan fingerprint density at radius 3 is 2.33 bits per heavy atom. The van der Waals surface area contributed by atoms with E-state index in [9.17, 15) is 14.7 Å². The molecule has 4 nitrogen and oxygen atoms in total. The van der Waals surface area contributed by atoms with Crippen molar-refractivity contribution >= 4 is 23.3 Å². The zero-order valence-electron chi connectivity index (χ0n) is 9.51. The minimum Gasteiger partial charge on any atom is -0.478 e. The Kier molecular flexibility index (Phi) is 3.16. The number of rotatable bonds is 3. The second kappa shape index (κ2) is 4.62. The molecule has 1 aromatic heterocycles. The van der Waals surface area contributed by atoms with Gasteiger partial charge in [0.05, 0.1) is 11.1 Å². The molecule has 0 aliphatic carbocycles. The summed E-state index contributed by atoms with van der Waals surface area (Å²) in [6.07, 6.45) is 0. The van der Waals surface area contributed by atoms with E-state index in [-0.39, 0.29) is 16.7 Å². The molecular formula is C13H10O4S. The molecule has 1 heterocycles. The van der Waals surface area contributed by atoms with Crippen molar-refractivity contribution in [3.63, 3.8) is 0 Å². The highest BCUT2D eigenvalue weighted by Gasteiger charge is 2.20. The van der Waals surface area contributed by atoms with Crippen LogP contribution in [0.4, 0.5) is 0 Å². The molecule has 5 heteroatoms. The first-order valence-corrected chi connectivity index (χ1v) is 6.09. The molecule has 0 amide bonds. The summed E-state index contributed by atoms with van der Waals surface area (Å²) < 4.78 is 0. The lowest BCUT2D eigenvalue weighted by molar-refractivity contribution is 0.0696. The fourth-order valence-electron chi connectivity index (χ4n) is 1.88. The second-order valence-electron chi connectivity index (χ2n) is 3.78. The van der Waals surface area contributed by atoms with E-state index < -0.39 is 11.9 Å². The van der Waals surface area contributed by atoms with E-state index in [4.69, 9.17) is 5.11 Å². The highest BCUT2D eigenvalue weighted by molar-refractivity contribution is 7.08. The van der Waals surface area contributed by atoms with Gasteiger partial charge in [-0.1, -0.05) is 6.07 Å². The van der Waals surface area contributed by atoms with Crippen molar-refractivity contribution in [1.29, 1.82) is 0 Å². The molecule has 0 unspecified atom stereocenters.